The largest absolute Gasteiger partial charge is 0.257 e. The Morgan fingerprint density at radius 1 is 1.06 bits per heavy atom. The summed E-state index contributed by atoms with van der Waals surface area (Å²) in [5.41, 5.74) is 6.71. The van der Waals surface area contributed by atoms with Crippen LogP contribution in [0.25, 0.3) is 11.1 Å². The second-order valence-corrected chi connectivity index (χ2v) is 9.28. The average molecular weight is 412 g/mol. The molecular weight excluding hydrogens is 374 g/mol. The summed E-state index contributed by atoms with van der Waals surface area (Å²) in [4.78, 5) is 4.89. The molecule has 1 heterocycles. The van der Waals surface area contributed by atoms with E-state index < -0.39 is 0 Å². The van der Waals surface area contributed by atoms with Crippen LogP contribution in [0.15, 0.2) is 73.0 Å². The Labute approximate surface area is 189 Å². The smallest absolute Gasteiger partial charge is 0.0667 e. The van der Waals surface area contributed by atoms with Crippen molar-refractivity contribution in [1.29, 1.82) is 0 Å². The molecule has 0 saturated heterocycles. The second-order valence-electron chi connectivity index (χ2n) is 9.28. The molecule has 31 heavy (non-hydrogen) atoms. The minimum atomic E-state index is 0.495. The topological polar surface area (TPSA) is 12.9 Å². The molecule has 1 aromatic carbocycles. The maximum absolute atomic E-state index is 4.89. The monoisotopic (exact) mass is 411 g/mol. The molecule has 1 fully saturated rings. The van der Waals surface area contributed by atoms with Gasteiger partial charge in [0.2, 0.25) is 0 Å². The van der Waals surface area contributed by atoms with Crippen molar-refractivity contribution >= 4 is 11.1 Å². The van der Waals surface area contributed by atoms with Crippen LogP contribution in [0.3, 0.4) is 0 Å². The fourth-order valence-electron chi connectivity index (χ4n) is 5.39. The molecule has 2 unspecified atom stereocenters. The normalized spacial score (nSPS) is 20.6. The Morgan fingerprint density at radius 3 is 2.61 bits per heavy atom. The lowest BCUT2D eigenvalue weighted by molar-refractivity contribution is 0.475. The summed E-state index contributed by atoms with van der Waals surface area (Å²) in [5.74, 6) is 1.91. The van der Waals surface area contributed by atoms with E-state index in [1.165, 1.54) is 60.1 Å². The standard InChI is InChI=1S/C30H37N/c1-3-5-13-25(4-2)28-17-16-27(26-14-7-6-8-15-26)22-29(28)30-21-24(18-19-31-30)20-23-11-9-10-12-23/h5-8,13-16,18-19,21-23,25,28H,3-4,9-12,17,20H2,1-2H3. The molecule has 162 valence electrons. The van der Waals surface area contributed by atoms with Crippen molar-refractivity contribution in [2.24, 2.45) is 17.8 Å². The molecule has 0 bridgehead atoms. The fourth-order valence-corrected chi connectivity index (χ4v) is 5.39. The third-order valence-corrected chi connectivity index (χ3v) is 7.14. The van der Waals surface area contributed by atoms with Gasteiger partial charge in [0.15, 0.2) is 0 Å². The van der Waals surface area contributed by atoms with Crippen LogP contribution in [0, 0.1) is 17.8 Å². The van der Waals surface area contributed by atoms with Crippen LogP contribution in [0.2, 0.25) is 0 Å². The van der Waals surface area contributed by atoms with Gasteiger partial charge < -0.3 is 0 Å². The quantitative estimate of drug-likeness (QED) is 0.398. The highest BCUT2D eigenvalue weighted by Crippen LogP contribution is 2.41. The molecule has 1 saturated carbocycles. The molecule has 0 spiro atoms. The molecule has 2 aliphatic rings. The zero-order chi connectivity index (χ0) is 21.5. The van der Waals surface area contributed by atoms with Gasteiger partial charge in [-0.3, -0.25) is 4.98 Å². The van der Waals surface area contributed by atoms with E-state index in [0.717, 1.165) is 25.2 Å². The van der Waals surface area contributed by atoms with Crippen molar-refractivity contribution in [2.75, 3.05) is 0 Å². The first-order chi connectivity index (χ1) is 15.3. The summed E-state index contributed by atoms with van der Waals surface area (Å²) >= 11 is 0. The van der Waals surface area contributed by atoms with Crippen molar-refractivity contribution < 1.29 is 0 Å². The van der Waals surface area contributed by atoms with Crippen molar-refractivity contribution in [3.05, 3.63) is 89.8 Å². The lowest BCUT2D eigenvalue weighted by Crippen LogP contribution is -2.17. The van der Waals surface area contributed by atoms with Crippen LogP contribution in [0.1, 0.15) is 75.6 Å². The Morgan fingerprint density at radius 2 is 1.87 bits per heavy atom. The summed E-state index contributed by atoms with van der Waals surface area (Å²) in [6.45, 7) is 4.55. The zero-order valence-electron chi connectivity index (χ0n) is 19.3. The third-order valence-electron chi connectivity index (χ3n) is 7.14. The van der Waals surface area contributed by atoms with E-state index in [4.69, 9.17) is 4.98 Å². The van der Waals surface area contributed by atoms with E-state index in [0.29, 0.717) is 11.8 Å². The predicted molar refractivity (Wildman–Crippen MR) is 134 cm³/mol. The number of benzene rings is 1. The lowest BCUT2D eigenvalue weighted by atomic mass is 9.75. The van der Waals surface area contributed by atoms with Gasteiger partial charge in [-0.1, -0.05) is 88.1 Å². The summed E-state index contributed by atoms with van der Waals surface area (Å²) < 4.78 is 0. The van der Waals surface area contributed by atoms with Crippen molar-refractivity contribution in [3.8, 4) is 0 Å². The Hall–Kier alpha value is -2.41. The van der Waals surface area contributed by atoms with E-state index in [-0.39, 0.29) is 0 Å². The van der Waals surface area contributed by atoms with Crippen molar-refractivity contribution in [2.45, 2.75) is 65.2 Å². The molecular formula is C30H37N. The number of pyridine rings is 1. The molecule has 2 aliphatic carbocycles. The minimum Gasteiger partial charge on any atom is -0.257 e. The van der Waals surface area contributed by atoms with Crippen molar-refractivity contribution in [3.63, 3.8) is 0 Å². The Bertz CT molecular complexity index is 928. The number of hydrogen-bond acceptors (Lipinski definition) is 1. The van der Waals surface area contributed by atoms with E-state index in [1.807, 2.05) is 6.20 Å². The molecule has 2 atom stereocenters. The van der Waals surface area contributed by atoms with Gasteiger partial charge in [-0.25, -0.2) is 0 Å². The molecule has 4 rings (SSSR count). The maximum Gasteiger partial charge on any atom is 0.0667 e. The first kappa shape index (κ1) is 21.8. The first-order valence-corrected chi connectivity index (χ1v) is 12.4. The van der Waals surface area contributed by atoms with Crippen LogP contribution >= 0.6 is 0 Å². The van der Waals surface area contributed by atoms with Gasteiger partial charge in [-0.05, 0) is 83.9 Å². The van der Waals surface area contributed by atoms with E-state index in [1.54, 1.807) is 0 Å². The molecule has 0 aliphatic heterocycles. The lowest BCUT2D eigenvalue weighted by Gasteiger charge is -2.29. The summed E-state index contributed by atoms with van der Waals surface area (Å²) in [6, 6.07) is 15.4. The van der Waals surface area contributed by atoms with Gasteiger partial charge in [0.25, 0.3) is 0 Å². The second kappa shape index (κ2) is 10.8. The third kappa shape index (κ3) is 5.45. The summed E-state index contributed by atoms with van der Waals surface area (Å²) in [6.07, 6.45) is 21.8. The van der Waals surface area contributed by atoms with E-state index in [2.05, 4.69) is 80.6 Å². The van der Waals surface area contributed by atoms with Gasteiger partial charge in [0.05, 0.1) is 5.69 Å². The van der Waals surface area contributed by atoms with Gasteiger partial charge in [-0.15, -0.1) is 0 Å². The van der Waals surface area contributed by atoms with E-state index in [9.17, 15) is 0 Å². The highest BCUT2D eigenvalue weighted by molar-refractivity contribution is 5.86. The van der Waals surface area contributed by atoms with Gasteiger partial charge >= 0.3 is 0 Å². The Kier molecular flexibility index (Phi) is 7.57. The predicted octanol–water partition coefficient (Wildman–Crippen LogP) is 8.29. The molecule has 1 heteroatoms. The van der Waals surface area contributed by atoms with E-state index >= 15 is 0 Å². The fraction of sp³-hybridized carbons (Fsp3) is 0.433. The summed E-state index contributed by atoms with van der Waals surface area (Å²) in [5, 5.41) is 0. The number of nitrogens with zero attached hydrogens (tertiary/aromatic N) is 1. The number of aromatic nitrogens is 1. The van der Waals surface area contributed by atoms with Crippen molar-refractivity contribution in [1.82, 2.24) is 4.98 Å². The maximum atomic E-state index is 4.89. The number of hydrogen-bond donors (Lipinski definition) is 0. The Balaban J connectivity index is 1.68. The molecule has 1 aromatic heterocycles. The minimum absolute atomic E-state index is 0.495. The number of allylic oxidation sites excluding steroid dienone is 6. The zero-order valence-corrected chi connectivity index (χ0v) is 19.3. The first-order valence-electron chi connectivity index (χ1n) is 12.4. The van der Waals surface area contributed by atoms with Crippen LogP contribution in [-0.4, -0.2) is 4.98 Å². The van der Waals surface area contributed by atoms with Gasteiger partial charge in [0, 0.05) is 6.20 Å². The highest BCUT2D eigenvalue weighted by atomic mass is 14.7. The molecule has 2 aromatic rings. The van der Waals surface area contributed by atoms with Gasteiger partial charge in [0.1, 0.15) is 0 Å². The van der Waals surface area contributed by atoms with Crippen LogP contribution in [0.4, 0.5) is 0 Å². The summed E-state index contributed by atoms with van der Waals surface area (Å²) in [7, 11) is 0. The van der Waals surface area contributed by atoms with Gasteiger partial charge in [-0.2, -0.15) is 0 Å². The average Bonchev–Trinajstić information content (AvgIpc) is 3.33. The molecule has 0 N–H and O–H groups in total. The van der Waals surface area contributed by atoms with Crippen LogP contribution in [0.5, 0.6) is 0 Å². The highest BCUT2D eigenvalue weighted by Gasteiger charge is 2.27. The molecule has 0 amide bonds. The van der Waals surface area contributed by atoms with Crippen LogP contribution in [-0.2, 0) is 6.42 Å². The molecule has 1 nitrogen and oxygen atoms in total. The molecule has 0 radical (unpaired) electrons. The number of rotatable bonds is 8. The SMILES string of the molecule is CCC=CC(CC)C1CC=C(c2ccccc2)C=C1c1cc(CC2CCCC2)ccn1. The van der Waals surface area contributed by atoms with Crippen LogP contribution < -0.4 is 0 Å².